The number of nitriles is 1. The first kappa shape index (κ1) is 14.0. The van der Waals surface area contributed by atoms with E-state index >= 15 is 0 Å². The summed E-state index contributed by atoms with van der Waals surface area (Å²) in [6.45, 7) is 11.0. The molecule has 0 aliphatic rings. The van der Waals surface area contributed by atoms with Crippen molar-refractivity contribution in [2.75, 3.05) is 13.1 Å². The third-order valence-corrected chi connectivity index (χ3v) is 2.71. The molecular formula is C12H22N2O. The topological polar surface area (TPSA) is 44.1 Å². The molecule has 0 radical (unpaired) electrons. The van der Waals surface area contributed by atoms with Gasteiger partial charge in [0.1, 0.15) is 5.41 Å². The number of carbonyl (C=O) groups excluding carboxylic acids is 1. The Balaban J connectivity index is 4.56. The molecule has 0 saturated carbocycles. The molecular weight excluding hydrogens is 188 g/mol. The van der Waals surface area contributed by atoms with E-state index in [1.165, 1.54) is 0 Å². The second-order valence-electron chi connectivity index (χ2n) is 4.59. The number of hydrogen-bond donors (Lipinski definition) is 0. The molecule has 0 fully saturated rings. The average molecular weight is 210 g/mol. The molecule has 3 heteroatoms. The molecule has 0 aliphatic carbocycles. The van der Waals surface area contributed by atoms with Gasteiger partial charge in [0.05, 0.1) is 6.07 Å². The maximum Gasteiger partial charge on any atom is 0.242 e. The van der Waals surface area contributed by atoms with E-state index < -0.39 is 5.41 Å². The Bertz CT molecular complexity index is 253. The Kier molecular flexibility index (Phi) is 5.35. The lowest BCUT2D eigenvalue weighted by Gasteiger charge is -2.28. The molecule has 0 aromatic carbocycles. The van der Waals surface area contributed by atoms with Crippen molar-refractivity contribution in [3.8, 4) is 6.07 Å². The fourth-order valence-corrected chi connectivity index (χ4v) is 1.30. The zero-order valence-corrected chi connectivity index (χ0v) is 10.5. The van der Waals surface area contributed by atoms with Crippen molar-refractivity contribution in [1.29, 1.82) is 5.26 Å². The van der Waals surface area contributed by atoms with E-state index in [4.69, 9.17) is 5.26 Å². The van der Waals surface area contributed by atoms with E-state index in [2.05, 4.69) is 19.9 Å². The predicted molar refractivity (Wildman–Crippen MR) is 61.1 cm³/mol. The van der Waals surface area contributed by atoms with Crippen LogP contribution in [0.1, 0.15) is 41.0 Å². The number of hydrogen-bond acceptors (Lipinski definition) is 2. The first-order chi connectivity index (χ1) is 6.88. The molecule has 0 spiro atoms. The van der Waals surface area contributed by atoms with E-state index in [0.717, 1.165) is 13.0 Å². The first-order valence-corrected chi connectivity index (χ1v) is 5.59. The molecule has 86 valence electrons. The summed E-state index contributed by atoms with van der Waals surface area (Å²) in [6.07, 6.45) is 1.05. The maximum atomic E-state index is 12.0. The van der Waals surface area contributed by atoms with Crippen LogP contribution < -0.4 is 0 Å². The van der Waals surface area contributed by atoms with Crippen molar-refractivity contribution < 1.29 is 4.79 Å². The molecule has 15 heavy (non-hydrogen) atoms. The highest BCUT2D eigenvalue weighted by molar-refractivity contribution is 5.84. The normalized spacial score (nSPS) is 13.1. The summed E-state index contributed by atoms with van der Waals surface area (Å²) in [7, 11) is 0. The SMILES string of the molecule is CCC(C)CN(CC)C(=O)C(C)(C)C#N. The minimum absolute atomic E-state index is 0.0622. The van der Waals surface area contributed by atoms with Crippen LogP contribution >= 0.6 is 0 Å². The predicted octanol–water partition coefficient (Wildman–Crippen LogP) is 2.43. The van der Waals surface area contributed by atoms with Crippen LogP contribution in [0.5, 0.6) is 0 Å². The lowest BCUT2D eigenvalue weighted by Crippen LogP contribution is -2.42. The summed E-state index contributed by atoms with van der Waals surface area (Å²) >= 11 is 0. The van der Waals surface area contributed by atoms with E-state index in [9.17, 15) is 4.79 Å². The van der Waals surface area contributed by atoms with Crippen LogP contribution in [0.25, 0.3) is 0 Å². The van der Waals surface area contributed by atoms with Crippen molar-refractivity contribution in [3.05, 3.63) is 0 Å². The van der Waals surface area contributed by atoms with Gasteiger partial charge in [-0.2, -0.15) is 5.26 Å². The molecule has 0 heterocycles. The van der Waals surface area contributed by atoms with Gasteiger partial charge in [0.2, 0.25) is 5.91 Å². The summed E-state index contributed by atoms with van der Waals surface area (Å²) in [4.78, 5) is 13.8. The number of nitrogens with zero attached hydrogens (tertiary/aromatic N) is 2. The Hall–Kier alpha value is -1.04. The fourth-order valence-electron chi connectivity index (χ4n) is 1.30. The first-order valence-electron chi connectivity index (χ1n) is 5.59. The van der Waals surface area contributed by atoms with Gasteiger partial charge in [-0.05, 0) is 26.7 Å². The van der Waals surface area contributed by atoms with Gasteiger partial charge < -0.3 is 4.90 Å². The van der Waals surface area contributed by atoms with Crippen LogP contribution in [0.4, 0.5) is 0 Å². The summed E-state index contributed by atoms with van der Waals surface area (Å²) in [5.41, 5.74) is -0.899. The van der Waals surface area contributed by atoms with Crippen LogP contribution in [0.3, 0.4) is 0 Å². The molecule has 1 unspecified atom stereocenters. The Morgan fingerprint density at radius 3 is 2.33 bits per heavy atom. The van der Waals surface area contributed by atoms with Gasteiger partial charge in [0, 0.05) is 13.1 Å². The fraction of sp³-hybridized carbons (Fsp3) is 0.833. The van der Waals surface area contributed by atoms with Gasteiger partial charge in [-0.3, -0.25) is 4.79 Å². The zero-order chi connectivity index (χ0) is 12.1. The molecule has 0 saturated heterocycles. The average Bonchev–Trinajstić information content (AvgIpc) is 2.24. The van der Waals surface area contributed by atoms with Crippen LogP contribution in [-0.2, 0) is 4.79 Å². The van der Waals surface area contributed by atoms with Gasteiger partial charge in [-0.15, -0.1) is 0 Å². The lowest BCUT2D eigenvalue weighted by atomic mass is 9.93. The van der Waals surface area contributed by atoms with Crippen molar-refractivity contribution in [1.82, 2.24) is 4.90 Å². The second-order valence-corrected chi connectivity index (χ2v) is 4.59. The third-order valence-electron chi connectivity index (χ3n) is 2.71. The Labute approximate surface area is 93.1 Å². The number of rotatable bonds is 5. The molecule has 0 N–H and O–H groups in total. The largest absolute Gasteiger partial charge is 0.341 e. The highest BCUT2D eigenvalue weighted by Crippen LogP contribution is 2.18. The van der Waals surface area contributed by atoms with Gasteiger partial charge in [-0.25, -0.2) is 0 Å². The Morgan fingerprint density at radius 2 is 2.00 bits per heavy atom. The molecule has 1 atom stereocenters. The standard InChI is InChI=1S/C12H22N2O/c1-6-10(3)8-14(7-2)11(15)12(4,5)9-13/h10H,6-8H2,1-5H3. The highest BCUT2D eigenvalue weighted by atomic mass is 16.2. The molecule has 0 rings (SSSR count). The molecule has 3 nitrogen and oxygen atoms in total. The summed E-state index contributed by atoms with van der Waals surface area (Å²) in [5, 5.41) is 8.90. The van der Waals surface area contributed by atoms with Crippen molar-refractivity contribution in [3.63, 3.8) is 0 Å². The zero-order valence-electron chi connectivity index (χ0n) is 10.5. The van der Waals surface area contributed by atoms with Gasteiger partial charge in [0.25, 0.3) is 0 Å². The minimum Gasteiger partial charge on any atom is -0.341 e. The van der Waals surface area contributed by atoms with Crippen LogP contribution in [0.2, 0.25) is 0 Å². The molecule has 1 amide bonds. The van der Waals surface area contributed by atoms with E-state index in [1.54, 1.807) is 18.7 Å². The van der Waals surface area contributed by atoms with Crippen LogP contribution in [-0.4, -0.2) is 23.9 Å². The lowest BCUT2D eigenvalue weighted by molar-refractivity contribution is -0.138. The van der Waals surface area contributed by atoms with E-state index in [0.29, 0.717) is 12.5 Å². The minimum atomic E-state index is -0.899. The molecule has 0 aliphatic heterocycles. The van der Waals surface area contributed by atoms with E-state index in [1.807, 2.05) is 6.92 Å². The monoisotopic (exact) mass is 210 g/mol. The van der Waals surface area contributed by atoms with Gasteiger partial charge >= 0.3 is 0 Å². The third kappa shape index (κ3) is 3.91. The molecule has 0 aromatic rings. The second kappa shape index (κ2) is 5.75. The highest BCUT2D eigenvalue weighted by Gasteiger charge is 2.31. The van der Waals surface area contributed by atoms with Gasteiger partial charge in [0.15, 0.2) is 0 Å². The van der Waals surface area contributed by atoms with Gasteiger partial charge in [-0.1, -0.05) is 20.3 Å². The summed E-state index contributed by atoms with van der Waals surface area (Å²) < 4.78 is 0. The van der Waals surface area contributed by atoms with Crippen LogP contribution in [0, 0.1) is 22.7 Å². The molecule has 0 aromatic heterocycles. The van der Waals surface area contributed by atoms with Crippen molar-refractivity contribution in [2.45, 2.75) is 41.0 Å². The maximum absolute atomic E-state index is 12.0. The van der Waals surface area contributed by atoms with E-state index in [-0.39, 0.29) is 5.91 Å². The summed E-state index contributed by atoms with van der Waals surface area (Å²) in [6, 6.07) is 2.06. The van der Waals surface area contributed by atoms with Crippen LogP contribution in [0.15, 0.2) is 0 Å². The van der Waals surface area contributed by atoms with Crippen molar-refractivity contribution in [2.24, 2.45) is 11.3 Å². The number of carbonyl (C=O) groups is 1. The summed E-state index contributed by atoms with van der Waals surface area (Å²) in [5.74, 6) is 0.427. The quantitative estimate of drug-likeness (QED) is 0.699. The molecule has 0 bridgehead atoms. The Morgan fingerprint density at radius 1 is 1.47 bits per heavy atom. The smallest absolute Gasteiger partial charge is 0.242 e. The van der Waals surface area contributed by atoms with Crippen molar-refractivity contribution >= 4 is 5.91 Å². The number of amides is 1.